The molecular formula is C34H39F3N2O4. The van der Waals surface area contributed by atoms with Gasteiger partial charge in [-0.3, -0.25) is 9.69 Å². The van der Waals surface area contributed by atoms with Gasteiger partial charge in [0.2, 0.25) is 5.91 Å². The van der Waals surface area contributed by atoms with Gasteiger partial charge in [-0.05, 0) is 73.5 Å². The number of nitrogens with zero attached hydrogens (tertiary/aromatic N) is 2. The molecule has 0 aromatic heterocycles. The van der Waals surface area contributed by atoms with Gasteiger partial charge in [-0.1, -0.05) is 38.1 Å². The lowest BCUT2D eigenvalue weighted by atomic mass is 9.48. The Hall–Kier alpha value is -3.30. The molecule has 2 fully saturated rings. The molecule has 0 radical (unpaired) electrons. The van der Waals surface area contributed by atoms with Crippen LogP contribution in [-0.4, -0.2) is 71.3 Å². The number of piperidine rings is 1. The van der Waals surface area contributed by atoms with Crippen LogP contribution in [0.1, 0.15) is 55.4 Å². The molecule has 1 saturated carbocycles. The third-order valence-electron chi connectivity index (χ3n) is 9.99. The molecule has 1 spiro atoms. The predicted octanol–water partition coefficient (Wildman–Crippen LogP) is 5.62. The molecule has 2 bridgehead atoms. The molecule has 2 aromatic carbocycles. The van der Waals surface area contributed by atoms with E-state index in [2.05, 4.69) is 17.5 Å². The highest BCUT2D eigenvalue weighted by Crippen LogP contribution is 2.66. The Bertz CT molecular complexity index is 1460. The normalized spacial score (nSPS) is 29.3. The van der Waals surface area contributed by atoms with Crippen molar-refractivity contribution in [3.05, 3.63) is 77.4 Å². The predicted molar refractivity (Wildman–Crippen MR) is 158 cm³/mol. The summed E-state index contributed by atoms with van der Waals surface area (Å²) in [5.74, 6) is 1.11. The number of methoxy groups -OCH3 is 1. The molecule has 43 heavy (non-hydrogen) atoms. The van der Waals surface area contributed by atoms with Gasteiger partial charge in [0.25, 0.3) is 0 Å². The Morgan fingerprint density at radius 3 is 2.77 bits per heavy atom. The molecule has 5 atom stereocenters. The van der Waals surface area contributed by atoms with Crippen molar-refractivity contribution in [3.63, 3.8) is 0 Å². The van der Waals surface area contributed by atoms with Gasteiger partial charge < -0.3 is 19.5 Å². The Kier molecular flexibility index (Phi) is 7.40. The third-order valence-corrected chi connectivity index (χ3v) is 9.99. The van der Waals surface area contributed by atoms with E-state index in [0.717, 1.165) is 29.8 Å². The molecule has 2 heterocycles. The number of benzene rings is 2. The highest BCUT2D eigenvalue weighted by molar-refractivity contribution is 5.92. The number of rotatable bonds is 8. The Balaban J connectivity index is 1.40. The molecule has 6 rings (SSSR count). The second-order valence-electron chi connectivity index (χ2n) is 12.8. The molecule has 2 aromatic rings. The van der Waals surface area contributed by atoms with Crippen LogP contribution in [0.4, 0.5) is 13.2 Å². The van der Waals surface area contributed by atoms with Crippen LogP contribution in [0.2, 0.25) is 0 Å². The van der Waals surface area contributed by atoms with Gasteiger partial charge in [-0.15, -0.1) is 6.58 Å². The van der Waals surface area contributed by atoms with E-state index in [-0.39, 0.29) is 23.9 Å². The standard InChI is InChI=1S/C34H39F3N2O4/c1-5-16-38-17-15-32-29-23-10-11-26(42-4)30(29)43-31(32)25(13-14-33(32,41)27(38)19-23)39(20-21(2)3)28(40)12-9-22-7-6-8-24(18-22)34(35,36)37/h5-12,18,21,25,27,31,41H,1,13-17,19-20H2,2-4H3/t25-,27+,31-,32-,33+/m0/s1. The highest BCUT2D eigenvalue weighted by atomic mass is 19.4. The number of carbonyl (C=O) groups is 1. The van der Waals surface area contributed by atoms with Crippen molar-refractivity contribution in [2.45, 2.75) is 74.9 Å². The first-order valence-corrected chi connectivity index (χ1v) is 15.0. The van der Waals surface area contributed by atoms with Crippen LogP contribution < -0.4 is 9.47 Å². The van der Waals surface area contributed by atoms with Crippen molar-refractivity contribution in [2.24, 2.45) is 5.92 Å². The fourth-order valence-corrected chi connectivity index (χ4v) is 8.32. The van der Waals surface area contributed by atoms with Crippen LogP contribution in [0.25, 0.3) is 6.08 Å². The zero-order valence-electron chi connectivity index (χ0n) is 24.9. The number of hydrogen-bond donors (Lipinski definition) is 1. The lowest BCUT2D eigenvalue weighted by molar-refractivity contribution is -0.199. The smallest absolute Gasteiger partial charge is 0.416 e. The number of carbonyl (C=O) groups excluding carboxylic acids is 1. The first-order chi connectivity index (χ1) is 20.4. The minimum absolute atomic E-state index is 0.117. The zero-order chi connectivity index (χ0) is 30.7. The number of likely N-dealkylation sites (tertiary alicyclic amines) is 1. The summed E-state index contributed by atoms with van der Waals surface area (Å²) in [5.41, 5.74) is -0.115. The third kappa shape index (κ3) is 4.58. The number of hydrogen-bond acceptors (Lipinski definition) is 5. The highest BCUT2D eigenvalue weighted by Gasteiger charge is 2.73. The van der Waals surface area contributed by atoms with E-state index < -0.39 is 28.9 Å². The summed E-state index contributed by atoms with van der Waals surface area (Å²) >= 11 is 0. The lowest BCUT2D eigenvalue weighted by Crippen LogP contribution is -2.78. The van der Waals surface area contributed by atoms with Crippen molar-refractivity contribution < 1.29 is 32.5 Å². The maximum absolute atomic E-state index is 13.9. The van der Waals surface area contributed by atoms with E-state index in [0.29, 0.717) is 55.8 Å². The number of amides is 1. The number of halogens is 3. The summed E-state index contributed by atoms with van der Waals surface area (Å²) in [6.45, 7) is 9.88. The molecule has 230 valence electrons. The number of alkyl halides is 3. The van der Waals surface area contributed by atoms with Crippen LogP contribution in [0, 0.1) is 5.92 Å². The quantitative estimate of drug-likeness (QED) is 0.317. The minimum Gasteiger partial charge on any atom is -0.493 e. The fourth-order valence-electron chi connectivity index (χ4n) is 8.32. The van der Waals surface area contributed by atoms with Crippen LogP contribution >= 0.6 is 0 Å². The Morgan fingerprint density at radius 1 is 1.28 bits per heavy atom. The topological polar surface area (TPSA) is 62.2 Å². The van der Waals surface area contributed by atoms with Gasteiger partial charge in [0.15, 0.2) is 11.5 Å². The first-order valence-electron chi connectivity index (χ1n) is 15.0. The molecular weight excluding hydrogens is 557 g/mol. The van der Waals surface area contributed by atoms with Gasteiger partial charge in [0, 0.05) is 30.8 Å². The van der Waals surface area contributed by atoms with Crippen molar-refractivity contribution in [1.29, 1.82) is 0 Å². The van der Waals surface area contributed by atoms with E-state index in [9.17, 15) is 23.1 Å². The maximum Gasteiger partial charge on any atom is 0.416 e. The van der Waals surface area contributed by atoms with E-state index in [1.165, 1.54) is 18.2 Å². The molecule has 1 N–H and O–H groups in total. The Morgan fingerprint density at radius 2 is 2.07 bits per heavy atom. The van der Waals surface area contributed by atoms with Crippen LogP contribution in [0.15, 0.2) is 55.1 Å². The van der Waals surface area contributed by atoms with Gasteiger partial charge in [-0.2, -0.15) is 13.2 Å². The monoisotopic (exact) mass is 596 g/mol. The molecule has 2 aliphatic heterocycles. The summed E-state index contributed by atoms with van der Waals surface area (Å²) in [6, 6.07) is 8.48. The van der Waals surface area contributed by atoms with Crippen LogP contribution in [-0.2, 0) is 22.8 Å². The van der Waals surface area contributed by atoms with Gasteiger partial charge in [0.05, 0.1) is 29.7 Å². The second kappa shape index (κ2) is 10.7. The van der Waals surface area contributed by atoms with Crippen molar-refractivity contribution in [1.82, 2.24) is 9.80 Å². The van der Waals surface area contributed by atoms with Gasteiger partial charge >= 0.3 is 6.18 Å². The summed E-state index contributed by atoms with van der Waals surface area (Å²) in [7, 11) is 1.61. The molecule has 1 saturated heterocycles. The van der Waals surface area contributed by atoms with E-state index in [1.807, 2.05) is 30.9 Å². The van der Waals surface area contributed by atoms with Gasteiger partial charge in [-0.25, -0.2) is 0 Å². The SMILES string of the molecule is C=CCN1CC[C@]23c4c5ccc(OC)c4O[C@H]2[C@@H](N(CC(C)C)C(=O)C=Cc2cccc(C(F)(F)F)c2)CC[C@@]3(O)[C@H]1C5. The molecule has 1 amide bonds. The van der Waals surface area contributed by atoms with Crippen LogP contribution in [0.5, 0.6) is 11.5 Å². The largest absolute Gasteiger partial charge is 0.493 e. The fraction of sp³-hybridized carbons (Fsp3) is 0.500. The summed E-state index contributed by atoms with van der Waals surface area (Å²) in [4.78, 5) is 18.0. The average Bonchev–Trinajstić information content (AvgIpc) is 3.31. The van der Waals surface area contributed by atoms with E-state index in [1.54, 1.807) is 13.2 Å². The maximum atomic E-state index is 13.9. The summed E-state index contributed by atoms with van der Waals surface area (Å²) < 4.78 is 52.4. The van der Waals surface area contributed by atoms with Crippen molar-refractivity contribution >= 4 is 12.0 Å². The van der Waals surface area contributed by atoms with E-state index in [4.69, 9.17) is 9.47 Å². The summed E-state index contributed by atoms with van der Waals surface area (Å²) in [5, 5.41) is 12.7. The number of ether oxygens (including phenoxy) is 2. The summed E-state index contributed by atoms with van der Waals surface area (Å²) in [6.07, 6.45) is 2.08. The zero-order valence-corrected chi connectivity index (χ0v) is 24.9. The second-order valence-corrected chi connectivity index (χ2v) is 12.8. The number of aliphatic hydroxyl groups is 1. The van der Waals surface area contributed by atoms with Crippen LogP contribution in [0.3, 0.4) is 0 Å². The minimum atomic E-state index is -4.47. The molecule has 2 aliphatic carbocycles. The lowest BCUT2D eigenvalue weighted by Gasteiger charge is -2.64. The van der Waals surface area contributed by atoms with Gasteiger partial charge in [0.1, 0.15) is 6.10 Å². The molecule has 9 heteroatoms. The van der Waals surface area contributed by atoms with Crippen molar-refractivity contribution in [2.75, 3.05) is 26.7 Å². The molecule has 4 aliphatic rings. The average molecular weight is 597 g/mol. The van der Waals surface area contributed by atoms with Crippen molar-refractivity contribution in [3.8, 4) is 11.5 Å². The van der Waals surface area contributed by atoms with E-state index >= 15 is 0 Å². The first kappa shape index (κ1) is 29.8. The molecule has 0 unspecified atom stereocenters. The molecule has 6 nitrogen and oxygen atoms in total. The Labute approximate surface area is 250 Å².